The molecule has 1 unspecified atom stereocenters. The molecule has 2 aromatic heterocycles. The van der Waals surface area contributed by atoms with Gasteiger partial charge in [-0.3, -0.25) is 0 Å². The van der Waals surface area contributed by atoms with E-state index < -0.39 is 0 Å². The Morgan fingerprint density at radius 1 is 1.29 bits per heavy atom. The highest BCUT2D eigenvalue weighted by Gasteiger charge is 2.25. The minimum Gasteiger partial charge on any atom is -0.369 e. The Hall–Kier alpha value is -3.60. The van der Waals surface area contributed by atoms with E-state index in [9.17, 15) is 10.5 Å². The van der Waals surface area contributed by atoms with Crippen LogP contribution in [0.4, 0.5) is 23.1 Å². The third-order valence-corrected chi connectivity index (χ3v) is 5.58. The fraction of sp³-hybridized carbons (Fsp3) is 0.350. The van der Waals surface area contributed by atoms with Crippen molar-refractivity contribution in [2.75, 3.05) is 42.2 Å². The number of halogens is 1. The monoisotopic (exact) mass is 436 g/mol. The lowest BCUT2D eigenvalue weighted by Gasteiger charge is -2.22. The zero-order valence-electron chi connectivity index (χ0n) is 17.1. The van der Waals surface area contributed by atoms with Gasteiger partial charge in [0.05, 0.1) is 34.2 Å². The van der Waals surface area contributed by atoms with Gasteiger partial charge in [0.2, 0.25) is 5.95 Å². The Labute approximate surface area is 184 Å². The second-order valence-corrected chi connectivity index (χ2v) is 7.50. The summed E-state index contributed by atoms with van der Waals surface area (Å²) >= 11 is 6.74. The number of anilines is 4. The number of fused-ring (bicyclic) bond motifs is 1. The summed E-state index contributed by atoms with van der Waals surface area (Å²) in [7, 11) is 1.94. The summed E-state index contributed by atoms with van der Waals surface area (Å²) in [6.45, 7) is 4.20. The van der Waals surface area contributed by atoms with Crippen LogP contribution in [0.5, 0.6) is 0 Å². The molecule has 0 amide bonds. The van der Waals surface area contributed by atoms with Gasteiger partial charge in [0.15, 0.2) is 17.2 Å². The lowest BCUT2D eigenvalue weighted by molar-refractivity contribution is 0.617. The van der Waals surface area contributed by atoms with Crippen molar-refractivity contribution in [3.63, 3.8) is 0 Å². The summed E-state index contributed by atoms with van der Waals surface area (Å²) in [5.41, 5.74) is 2.52. The van der Waals surface area contributed by atoms with Crippen molar-refractivity contribution in [1.29, 1.82) is 10.5 Å². The lowest BCUT2D eigenvalue weighted by atomic mass is 10.1. The molecular weight excluding hydrogens is 416 g/mol. The zero-order valence-corrected chi connectivity index (χ0v) is 17.9. The maximum absolute atomic E-state index is 9.54. The van der Waals surface area contributed by atoms with Crippen LogP contribution in [0.15, 0.2) is 18.3 Å². The molecule has 4 rings (SSSR count). The molecule has 0 saturated carbocycles. The number of nitrogens with one attached hydrogen (secondary N) is 3. The number of aromatic nitrogens is 4. The average molecular weight is 437 g/mol. The fourth-order valence-electron chi connectivity index (χ4n) is 3.63. The Bertz CT molecular complexity index is 1210. The SMILES string of the molecule is CCNc1nc(Nc2cc(C#N)cc(N3CCC(NC)C3)c2Cl)nn2c(C#N)cnc12. The van der Waals surface area contributed by atoms with Gasteiger partial charge in [0.1, 0.15) is 6.07 Å². The quantitative estimate of drug-likeness (QED) is 0.533. The van der Waals surface area contributed by atoms with E-state index in [1.165, 1.54) is 10.7 Å². The Morgan fingerprint density at radius 2 is 2.13 bits per heavy atom. The molecule has 0 radical (unpaired) electrons. The van der Waals surface area contributed by atoms with Crippen LogP contribution in [-0.4, -0.2) is 52.3 Å². The number of rotatable bonds is 6. The van der Waals surface area contributed by atoms with Crippen LogP contribution in [0.25, 0.3) is 5.65 Å². The van der Waals surface area contributed by atoms with Gasteiger partial charge in [-0.25, -0.2) is 4.98 Å². The summed E-state index contributed by atoms with van der Waals surface area (Å²) in [4.78, 5) is 10.9. The van der Waals surface area contributed by atoms with Gasteiger partial charge in [-0.05, 0) is 32.5 Å². The average Bonchev–Trinajstić information content (AvgIpc) is 3.42. The third kappa shape index (κ3) is 3.91. The molecule has 0 spiro atoms. The largest absolute Gasteiger partial charge is 0.369 e. The van der Waals surface area contributed by atoms with E-state index in [1.54, 1.807) is 12.1 Å². The number of nitrogens with zero attached hydrogens (tertiary/aromatic N) is 7. The molecule has 1 aliphatic rings. The van der Waals surface area contributed by atoms with E-state index in [2.05, 4.69) is 48.1 Å². The predicted molar refractivity (Wildman–Crippen MR) is 119 cm³/mol. The minimum absolute atomic E-state index is 0.232. The Balaban J connectivity index is 1.75. The van der Waals surface area contributed by atoms with Gasteiger partial charge < -0.3 is 20.9 Å². The topological polar surface area (TPSA) is 130 Å². The summed E-state index contributed by atoms with van der Waals surface area (Å²) < 4.78 is 1.42. The fourth-order valence-corrected chi connectivity index (χ4v) is 3.90. The maximum Gasteiger partial charge on any atom is 0.247 e. The molecule has 3 N–H and O–H groups in total. The molecule has 31 heavy (non-hydrogen) atoms. The van der Waals surface area contributed by atoms with Crippen LogP contribution in [-0.2, 0) is 0 Å². The molecule has 3 heterocycles. The Morgan fingerprint density at radius 3 is 2.81 bits per heavy atom. The van der Waals surface area contributed by atoms with Crippen molar-refractivity contribution in [2.45, 2.75) is 19.4 Å². The third-order valence-electron chi connectivity index (χ3n) is 5.19. The van der Waals surface area contributed by atoms with Crippen LogP contribution < -0.4 is 20.9 Å². The summed E-state index contributed by atoms with van der Waals surface area (Å²) in [5, 5.41) is 33.3. The summed E-state index contributed by atoms with van der Waals surface area (Å²) in [6, 6.07) is 8.09. The summed E-state index contributed by atoms with van der Waals surface area (Å²) in [5.74, 6) is 0.723. The molecule has 3 aromatic rings. The van der Waals surface area contributed by atoms with E-state index >= 15 is 0 Å². The van der Waals surface area contributed by atoms with Gasteiger partial charge in [0, 0.05) is 25.7 Å². The first-order valence-electron chi connectivity index (χ1n) is 9.90. The van der Waals surface area contributed by atoms with Crippen LogP contribution in [0.1, 0.15) is 24.6 Å². The van der Waals surface area contributed by atoms with E-state index in [0.717, 1.165) is 25.2 Å². The maximum atomic E-state index is 9.54. The highest BCUT2D eigenvalue weighted by Crippen LogP contribution is 2.37. The number of imidazole rings is 1. The molecule has 11 heteroatoms. The molecule has 10 nitrogen and oxygen atoms in total. The molecule has 1 aromatic carbocycles. The Kier molecular flexibility index (Phi) is 5.76. The molecule has 1 atom stereocenters. The standard InChI is InChI=1S/C20H21ClN10/c1-3-25-18-19-26-10-14(9-23)31(19)29-20(28-18)27-15-6-12(8-22)7-16(17(15)21)30-5-4-13(11-30)24-2/h6-7,10,13,24H,3-5,11H2,1-2H3,(H2,25,27,28,29). The van der Waals surface area contributed by atoms with Gasteiger partial charge in [0.25, 0.3) is 0 Å². The molecule has 1 saturated heterocycles. The van der Waals surface area contributed by atoms with Crippen molar-refractivity contribution in [2.24, 2.45) is 0 Å². The number of nitriles is 2. The lowest BCUT2D eigenvalue weighted by Crippen LogP contribution is -2.29. The van der Waals surface area contributed by atoms with Crippen LogP contribution in [0, 0.1) is 22.7 Å². The first-order chi connectivity index (χ1) is 15.1. The van der Waals surface area contributed by atoms with Crippen LogP contribution in [0.3, 0.4) is 0 Å². The first kappa shape index (κ1) is 20.7. The first-order valence-corrected chi connectivity index (χ1v) is 10.3. The van der Waals surface area contributed by atoms with Crippen molar-refractivity contribution in [1.82, 2.24) is 24.9 Å². The second kappa shape index (κ2) is 8.64. The van der Waals surface area contributed by atoms with Gasteiger partial charge >= 0.3 is 0 Å². The molecule has 1 fully saturated rings. The van der Waals surface area contributed by atoms with Crippen molar-refractivity contribution in [3.8, 4) is 12.1 Å². The minimum atomic E-state index is 0.232. The predicted octanol–water partition coefficient (Wildman–Crippen LogP) is 2.49. The molecule has 158 valence electrons. The van der Waals surface area contributed by atoms with Crippen LogP contribution >= 0.6 is 11.6 Å². The van der Waals surface area contributed by atoms with Crippen molar-refractivity contribution < 1.29 is 0 Å². The molecule has 0 aliphatic carbocycles. The van der Waals surface area contributed by atoms with Crippen LogP contribution in [0.2, 0.25) is 5.02 Å². The molecule has 1 aliphatic heterocycles. The number of likely N-dealkylation sites (N-methyl/N-ethyl adjacent to an activating group) is 1. The molecular formula is C20H21ClN10. The second-order valence-electron chi connectivity index (χ2n) is 7.12. The van der Waals surface area contributed by atoms with Crippen molar-refractivity contribution in [3.05, 3.63) is 34.6 Å². The van der Waals surface area contributed by atoms with Gasteiger partial charge in [-0.2, -0.15) is 20.0 Å². The normalized spacial score (nSPS) is 15.6. The highest BCUT2D eigenvalue weighted by molar-refractivity contribution is 6.36. The van der Waals surface area contributed by atoms with Crippen molar-refractivity contribution >= 4 is 40.4 Å². The summed E-state index contributed by atoms with van der Waals surface area (Å²) in [6.07, 6.45) is 2.44. The van der Waals surface area contributed by atoms with E-state index in [0.29, 0.717) is 40.3 Å². The van der Waals surface area contributed by atoms with Gasteiger partial charge in [-0.15, -0.1) is 5.10 Å². The highest BCUT2D eigenvalue weighted by atomic mass is 35.5. The number of hydrogen-bond acceptors (Lipinski definition) is 9. The number of hydrogen-bond donors (Lipinski definition) is 3. The smallest absolute Gasteiger partial charge is 0.247 e. The number of benzene rings is 1. The van der Waals surface area contributed by atoms with E-state index in [-0.39, 0.29) is 11.6 Å². The zero-order chi connectivity index (χ0) is 22.0. The van der Waals surface area contributed by atoms with Gasteiger partial charge in [-0.1, -0.05) is 11.6 Å². The van der Waals surface area contributed by atoms with E-state index in [1.807, 2.05) is 14.0 Å². The van der Waals surface area contributed by atoms with E-state index in [4.69, 9.17) is 11.6 Å². The molecule has 0 bridgehead atoms.